The molecule has 2 unspecified atom stereocenters. The molecular formula is C19H26N4. The maximum absolute atomic E-state index is 5.82. The van der Waals surface area contributed by atoms with E-state index >= 15 is 0 Å². The van der Waals surface area contributed by atoms with Gasteiger partial charge >= 0.3 is 0 Å². The first-order valence-corrected chi connectivity index (χ1v) is 8.35. The second kappa shape index (κ2) is 7.11. The zero-order chi connectivity index (χ0) is 16.2. The third-order valence-corrected chi connectivity index (χ3v) is 4.81. The van der Waals surface area contributed by atoms with Gasteiger partial charge in [0.1, 0.15) is 5.82 Å². The van der Waals surface area contributed by atoms with E-state index in [-0.39, 0.29) is 0 Å². The minimum atomic E-state index is 0.607. The van der Waals surface area contributed by atoms with Crippen LogP contribution in [0.15, 0.2) is 48.7 Å². The number of pyridine rings is 1. The molecule has 4 heteroatoms. The molecule has 2 aromatic rings. The van der Waals surface area contributed by atoms with Crippen LogP contribution in [0.3, 0.4) is 0 Å². The molecule has 0 bridgehead atoms. The van der Waals surface area contributed by atoms with Crippen LogP contribution in [0.5, 0.6) is 0 Å². The van der Waals surface area contributed by atoms with Crippen molar-refractivity contribution < 1.29 is 0 Å². The van der Waals surface area contributed by atoms with E-state index in [9.17, 15) is 0 Å². The summed E-state index contributed by atoms with van der Waals surface area (Å²) in [5, 5.41) is 0. The lowest BCUT2D eigenvalue weighted by Gasteiger charge is -2.22. The quantitative estimate of drug-likeness (QED) is 0.922. The summed E-state index contributed by atoms with van der Waals surface area (Å²) in [4.78, 5) is 9.25. The van der Waals surface area contributed by atoms with Crippen LogP contribution in [0.25, 0.3) is 0 Å². The molecule has 1 aromatic carbocycles. The van der Waals surface area contributed by atoms with Crippen molar-refractivity contribution in [2.24, 2.45) is 11.7 Å². The maximum atomic E-state index is 5.82. The molecule has 2 atom stereocenters. The van der Waals surface area contributed by atoms with Gasteiger partial charge in [-0.25, -0.2) is 4.98 Å². The van der Waals surface area contributed by atoms with E-state index in [1.807, 2.05) is 31.4 Å². The number of aromatic nitrogens is 1. The third-order valence-electron chi connectivity index (χ3n) is 4.81. The van der Waals surface area contributed by atoms with Gasteiger partial charge in [0.05, 0.1) is 0 Å². The van der Waals surface area contributed by atoms with Crippen LogP contribution in [-0.2, 0) is 6.54 Å². The van der Waals surface area contributed by atoms with Gasteiger partial charge in [-0.15, -0.1) is 0 Å². The summed E-state index contributed by atoms with van der Waals surface area (Å²) in [6, 6.07) is 15.2. The van der Waals surface area contributed by atoms with Crippen LogP contribution in [-0.4, -0.2) is 36.1 Å². The number of hydrogen-bond acceptors (Lipinski definition) is 4. The number of hydrogen-bond donors (Lipinski definition) is 1. The summed E-state index contributed by atoms with van der Waals surface area (Å²) in [5.41, 5.74) is 8.22. The Hall–Kier alpha value is -1.91. The Bertz CT molecular complexity index is 611. The maximum Gasteiger partial charge on any atom is 0.132 e. The minimum Gasteiger partial charge on any atom is -0.330 e. The van der Waals surface area contributed by atoms with Crippen LogP contribution in [0.4, 0.5) is 11.5 Å². The van der Waals surface area contributed by atoms with Crippen LogP contribution < -0.4 is 10.6 Å². The molecule has 0 spiro atoms. The van der Waals surface area contributed by atoms with Gasteiger partial charge in [0.15, 0.2) is 0 Å². The molecule has 0 radical (unpaired) electrons. The molecule has 0 saturated carbocycles. The number of anilines is 2. The van der Waals surface area contributed by atoms with E-state index in [1.165, 1.54) is 12.0 Å². The Labute approximate surface area is 138 Å². The first kappa shape index (κ1) is 16.0. The highest BCUT2D eigenvalue weighted by atomic mass is 15.2. The average molecular weight is 310 g/mol. The van der Waals surface area contributed by atoms with Crippen molar-refractivity contribution in [3.63, 3.8) is 0 Å². The molecule has 1 aliphatic rings. The highest BCUT2D eigenvalue weighted by Crippen LogP contribution is 2.25. The van der Waals surface area contributed by atoms with E-state index in [1.54, 1.807) is 0 Å². The molecule has 4 nitrogen and oxygen atoms in total. The monoisotopic (exact) mass is 310 g/mol. The number of benzene rings is 1. The standard InChI is InChI=1S/C19H26N4/c1-15-10-17(11-20)14-23(15)13-16-8-9-19(21-12-16)22(2)18-6-4-3-5-7-18/h3-9,12,15,17H,10-11,13-14,20H2,1-2H3. The first-order chi connectivity index (χ1) is 11.2. The van der Waals surface area contributed by atoms with Crippen molar-refractivity contribution in [2.45, 2.75) is 25.9 Å². The number of para-hydroxylation sites is 1. The molecule has 2 N–H and O–H groups in total. The van der Waals surface area contributed by atoms with Crippen LogP contribution in [0.2, 0.25) is 0 Å². The molecule has 1 aromatic heterocycles. The largest absolute Gasteiger partial charge is 0.330 e. The van der Waals surface area contributed by atoms with Crippen molar-refractivity contribution in [3.8, 4) is 0 Å². The lowest BCUT2D eigenvalue weighted by atomic mass is 10.1. The third kappa shape index (κ3) is 3.71. The SMILES string of the molecule is CC1CC(CN)CN1Cc1ccc(N(C)c2ccccc2)nc1. The summed E-state index contributed by atoms with van der Waals surface area (Å²) in [6.45, 7) is 5.14. The van der Waals surface area contributed by atoms with Crippen molar-refractivity contribution >= 4 is 11.5 Å². The van der Waals surface area contributed by atoms with Gasteiger partial charge in [-0.3, -0.25) is 4.90 Å². The van der Waals surface area contributed by atoms with Crippen molar-refractivity contribution in [2.75, 3.05) is 25.0 Å². The van der Waals surface area contributed by atoms with Crippen LogP contribution >= 0.6 is 0 Å². The molecule has 3 rings (SSSR count). The summed E-state index contributed by atoms with van der Waals surface area (Å²) in [7, 11) is 2.05. The molecule has 122 valence electrons. The number of nitrogens with zero attached hydrogens (tertiary/aromatic N) is 3. The summed E-state index contributed by atoms with van der Waals surface area (Å²) in [6.07, 6.45) is 3.20. The topological polar surface area (TPSA) is 45.4 Å². The molecule has 1 aliphatic heterocycles. The van der Waals surface area contributed by atoms with Gasteiger partial charge in [-0.05, 0) is 49.6 Å². The number of likely N-dealkylation sites (tertiary alicyclic amines) is 1. The van der Waals surface area contributed by atoms with E-state index in [2.05, 4.69) is 46.0 Å². The average Bonchev–Trinajstić information content (AvgIpc) is 2.96. The highest BCUT2D eigenvalue weighted by Gasteiger charge is 2.27. The van der Waals surface area contributed by atoms with Crippen molar-refractivity contribution in [3.05, 3.63) is 54.2 Å². The highest BCUT2D eigenvalue weighted by molar-refractivity contribution is 5.58. The molecule has 1 fully saturated rings. The number of rotatable bonds is 5. The predicted octanol–water partition coefficient (Wildman–Crippen LogP) is 3.02. The lowest BCUT2D eigenvalue weighted by molar-refractivity contribution is 0.255. The Morgan fingerprint density at radius 3 is 2.61 bits per heavy atom. The molecular weight excluding hydrogens is 284 g/mol. The zero-order valence-corrected chi connectivity index (χ0v) is 14.0. The van der Waals surface area contributed by atoms with Crippen molar-refractivity contribution in [1.29, 1.82) is 0 Å². The second-order valence-electron chi connectivity index (χ2n) is 6.54. The first-order valence-electron chi connectivity index (χ1n) is 8.35. The van der Waals surface area contributed by atoms with Gasteiger partial charge in [-0.1, -0.05) is 24.3 Å². The van der Waals surface area contributed by atoms with Gasteiger partial charge < -0.3 is 10.6 Å². The Balaban J connectivity index is 1.66. The van der Waals surface area contributed by atoms with Gasteiger partial charge in [0, 0.05) is 38.1 Å². The number of nitrogens with two attached hydrogens (primary N) is 1. The molecule has 2 heterocycles. The molecule has 23 heavy (non-hydrogen) atoms. The second-order valence-corrected chi connectivity index (χ2v) is 6.54. The van der Waals surface area contributed by atoms with E-state index in [0.29, 0.717) is 12.0 Å². The Morgan fingerprint density at radius 1 is 1.22 bits per heavy atom. The summed E-state index contributed by atoms with van der Waals surface area (Å²) < 4.78 is 0. The predicted molar refractivity (Wildman–Crippen MR) is 95.8 cm³/mol. The van der Waals surface area contributed by atoms with E-state index in [0.717, 1.165) is 31.1 Å². The van der Waals surface area contributed by atoms with Gasteiger partial charge in [0.25, 0.3) is 0 Å². The fraction of sp³-hybridized carbons (Fsp3) is 0.421. The Kier molecular flexibility index (Phi) is 4.94. The summed E-state index contributed by atoms with van der Waals surface area (Å²) in [5.74, 6) is 1.61. The van der Waals surface area contributed by atoms with E-state index in [4.69, 9.17) is 5.73 Å². The fourth-order valence-electron chi connectivity index (χ4n) is 3.34. The summed E-state index contributed by atoms with van der Waals surface area (Å²) >= 11 is 0. The minimum absolute atomic E-state index is 0.607. The van der Waals surface area contributed by atoms with Crippen LogP contribution in [0, 0.1) is 5.92 Å². The fourth-order valence-corrected chi connectivity index (χ4v) is 3.34. The smallest absolute Gasteiger partial charge is 0.132 e. The van der Waals surface area contributed by atoms with E-state index < -0.39 is 0 Å². The molecule has 0 aliphatic carbocycles. The molecule has 1 saturated heterocycles. The Morgan fingerprint density at radius 2 is 2.00 bits per heavy atom. The van der Waals surface area contributed by atoms with Crippen LogP contribution in [0.1, 0.15) is 18.9 Å². The van der Waals surface area contributed by atoms with Gasteiger partial charge in [0.2, 0.25) is 0 Å². The van der Waals surface area contributed by atoms with Crippen molar-refractivity contribution in [1.82, 2.24) is 9.88 Å². The normalized spacial score (nSPS) is 21.5. The molecule has 0 amide bonds. The lowest BCUT2D eigenvalue weighted by Crippen LogP contribution is -2.27. The zero-order valence-electron chi connectivity index (χ0n) is 14.0. The van der Waals surface area contributed by atoms with Gasteiger partial charge in [-0.2, -0.15) is 0 Å².